The third-order valence-corrected chi connectivity index (χ3v) is 1.18. The predicted octanol–water partition coefficient (Wildman–Crippen LogP) is 0.783. The van der Waals surface area contributed by atoms with Crippen molar-refractivity contribution in [1.82, 2.24) is 0 Å². The van der Waals surface area contributed by atoms with E-state index in [1.165, 1.54) is 0 Å². The largest absolute Gasteiger partial charge is 0.416 e. The highest BCUT2D eigenvalue weighted by Crippen LogP contribution is 2.19. The van der Waals surface area contributed by atoms with Crippen molar-refractivity contribution in [2.24, 2.45) is 0 Å². The quantitative estimate of drug-likeness (QED) is 0.197. The molecule has 0 bridgehead atoms. The number of carbonyl (C=O) groups is 1. The van der Waals surface area contributed by atoms with Gasteiger partial charge in [0.05, 0.1) is 6.61 Å². The van der Waals surface area contributed by atoms with Gasteiger partial charge in [0.2, 0.25) is 0 Å². The number of hydrogen-bond donors (Lipinski definition) is 0. The second kappa shape index (κ2) is 3.19. The number of epoxide rings is 1. The van der Waals surface area contributed by atoms with Crippen LogP contribution in [0.4, 0.5) is 0 Å². The Morgan fingerprint density at radius 3 is 2.82 bits per heavy atom. The molecule has 0 N–H and O–H groups in total. The Bertz CT molecular complexity index is 232. The summed E-state index contributed by atoms with van der Waals surface area (Å²) in [5.74, 6) is -0.165. The molecule has 1 fully saturated rings. The topological polar surface area (TPSA) is 38.8 Å². The summed E-state index contributed by atoms with van der Waals surface area (Å²) in [7, 11) is 0. The van der Waals surface area contributed by atoms with Crippen molar-refractivity contribution >= 4 is 5.97 Å². The zero-order valence-electron chi connectivity index (χ0n) is 6.00. The van der Waals surface area contributed by atoms with Crippen molar-refractivity contribution in [3.05, 3.63) is 30.7 Å². The van der Waals surface area contributed by atoms with Gasteiger partial charge >= 0.3 is 5.97 Å². The summed E-state index contributed by atoms with van der Waals surface area (Å²) in [6.07, 6.45) is 0.955. The van der Waals surface area contributed by atoms with Gasteiger partial charge in [-0.2, -0.15) is 0 Å². The molecule has 1 atom stereocenters. The van der Waals surface area contributed by atoms with E-state index in [2.05, 4.69) is 18.9 Å². The van der Waals surface area contributed by atoms with Gasteiger partial charge < -0.3 is 9.47 Å². The van der Waals surface area contributed by atoms with Gasteiger partial charge in [-0.3, -0.25) is 0 Å². The van der Waals surface area contributed by atoms with E-state index in [-0.39, 0.29) is 6.10 Å². The molecule has 0 spiro atoms. The average molecular weight is 152 g/mol. The Kier molecular flexibility index (Phi) is 2.26. The third-order valence-electron chi connectivity index (χ3n) is 1.18. The highest BCUT2D eigenvalue weighted by atomic mass is 16.6. The summed E-state index contributed by atoms with van der Waals surface area (Å²) < 4.78 is 9.59. The van der Waals surface area contributed by atoms with E-state index in [9.17, 15) is 4.79 Å². The van der Waals surface area contributed by atoms with E-state index in [0.717, 1.165) is 6.08 Å². The van der Waals surface area contributed by atoms with Crippen LogP contribution in [0.25, 0.3) is 0 Å². The van der Waals surface area contributed by atoms with Crippen LogP contribution in [0.3, 0.4) is 0 Å². The van der Waals surface area contributed by atoms with Gasteiger partial charge in [-0.05, 0) is 0 Å². The van der Waals surface area contributed by atoms with Crippen molar-refractivity contribution in [2.75, 3.05) is 6.61 Å². The Balaban J connectivity index is 2.51. The van der Waals surface area contributed by atoms with Gasteiger partial charge in [-0.1, -0.05) is 18.9 Å². The molecule has 1 aliphatic heterocycles. The van der Waals surface area contributed by atoms with Gasteiger partial charge in [0, 0.05) is 6.08 Å². The molecule has 1 heterocycles. The molecule has 58 valence electrons. The van der Waals surface area contributed by atoms with E-state index in [1.807, 2.05) is 0 Å². The van der Waals surface area contributed by atoms with Crippen molar-refractivity contribution in [3.63, 3.8) is 0 Å². The molecule has 3 heteroatoms. The number of esters is 1. The second-order valence-corrected chi connectivity index (χ2v) is 1.99. The fraction of sp³-hybridized carbons (Fsp3) is 0.250. The Hall–Kier alpha value is -1.31. The maximum atomic E-state index is 10.6. The van der Waals surface area contributed by atoms with Crippen molar-refractivity contribution in [2.45, 2.75) is 6.10 Å². The highest BCUT2D eigenvalue weighted by Gasteiger charge is 2.30. The van der Waals surface area contributed by atoms with Gasteiger partial charge in [-0.15, -0.1) is 0 Å². The zero-order chi connectivity index (χ0) is 8.27. The SMILES string of the molecule is C=C=C(OC(=O)C=C)C1CO1. The molecule has 0 aromatic rings. The lowest BCUT2D eigenvalue weighted by Crippen LogP contribution is -2.03. The number of rotatable bonds is 3. The maximum absolute atomic E-state index is 10.6. The number of hydrogen-bond acceptors (Lipinski definition) is 3. The van der Waals surface area contributed by atoms with Crippen LogP contribution < -0.4 is 0 Å². The Labute approximate surface area is 64.6 Å². The van der Waals surface area contributed by atoms with Crippen LogP contribution >= 0.6 is 0 Å². The summed E-state index contributed by atoms with van der Waals surface area (Å²) >= 11 is 0. The molecule has 0 saturated carbocycles. The Morgan fingerprint density at radius 1 is 1.82 bits per heavy atom. The summed E-state index contributed by atoms with van der Waals surface area (Å²) in [5.41, 5.74) is 2.48. The molecular formula is C8H8O3. The molecule has 11 heavy (non-hydrogen) atoms. The zero-order valence-corrected chi connectivity index (χ0v) is 6.00. The molecule has 1 aliphatic rings. The average Bonchev–Trinajstić information content (AvgIpc) is 2.82. The first kappa shape index (κ1) is 7.79. The molecule has 0 aromatic carbocycles. The minimum Gasteiger partial charge on any atom is -0.416 e. The third kappa shape index (κ3) is 2.08. The standard InChI is InChI=1S/C8H8O3/c1-3-6(7-5-10-7)11-8(9)4-2/h4,7H,1-2,5H2. The monoisotopic (exact) mass is 152 g/mol. The van der Waals surface area contributed by atoms with Crippen LogP contribution in [0.1, 0.15) is 0 Å². The minimum atomic E-state index is -0.508. The summed E-state index contributed by atoms with van der Waals surface area (Å²) in [5, 5.41) is 0. The van der Waals surface area contributed by atoms with Crippen LogP contribution in [0, 0.1) is 0 Å². The second-order valence-electron chi connectivity index (χ2n) is 1.99. The van der Waals surface area contributed by atoms with Crippen LogP contribution in [0.2, 0.25) is 0 Å². The lowest BCUT2D eigenvalue weighted by molar-refractivity contribution is -0.134. The van der Waals surface area contributed by atoms with E-state index >= 15 is 0 Å². The summed E-state index contributed by atoms with van der Waals surface area (Å²) in [6.45, 7) is 7.18. The van der Waals surface area contributed by atoms with Crippen LogP contribution in [-0.2, 0) is 14.3 Å². The molecule has 3 nitrogen and oxygen atoms in total. The maximum Gasteiger partial charge on any atom is 0.335 e. The minimum absolute atomic E-state index is 0.128. The van der Waals surface area contributed by atoms with Crippen LogP contribution in [0.15, 0.2) is 30.7 Å². The van der Waals surface area contributed by atoms with Gasteiger partial charge in [-0.25, -0.2) is 4.79 Å². The van der Waals surface area contributed by atoms with E-state index in [0.29, 0.717) is 12.4 Å². The van der Waals surface area contributed by atoms with E-state index in [1.54, 1.807) is 0 Å². The van der Waals surface area contributed by atoms with Gasteiger partial charge in [0.15, 0.2) is 5.76 Å². The lowest BCUT2D eigenvalue weighted by Gasteiger charge is -1.98. The molecule has 0 amide bonds. The van der Waals surface area contributed by atoms with Crippen LogP contribution in [0.5, 0.6) is 0 Å². The van der Waals surface area contributed by atoms with Gasteiger partial charge in [0.25, 0.3) is 0 Å². The molecule has 0 aromatic heterocycles. The smallest absolute Gasteiger partial charge is 0.335 e. The molecular weight excluding hydrogens is 144 g/mol. The first-order chi connectivity index (χ1) is 5.27. The first-order valence-corrected chi connectivity index (χ1v) is 3.13. The molecule has 1 rings (SSSR count). The number of carbonyl (C=O) groups excluding carboxylic acids is 1. The van der Waals surface area contributed by atoms with Gasteiger partial charge in [0.1, 0.15) is 6.10 Å². The fourth-order valence-electron chi connectivity index (χ4n) is 0.565. The normalized spacial score (nSPS) is 19.8. The fourth-order valence-corrected chi connectivity index (χ4v) is 0.565. The molecule has 1 unspecified atom stereocenters. The van der Waals surface area contributed by atoms with Crippen molar-refractivity contribution in [3.8, 4) is 0 Å². The molecule has 0 radical (unpaired) electrons. The van der Waals surface area contributed by atoms with Crippen molar-refractivity contribution < 1.29 is 14.3 Å². The predicted molar refractivity (Wildman–Crippen MR) is 38.7 cm³/mol. The Morgan fingerprint density at radius 2 is 2.45 bits per heavy atom. The van der Waals surface area contributed by atoms with Crippen LogP contribution in [-0.4, -0.2) is 18.7 Å². The molecule has 0 aliphatic carbocycles. The lowest BCUT2D eigenvalue weighted by atomic mass is 10.4. The van der Waals surface area contributed by atoms with E-state index < -0.39 is 5.97 Å². The first-order valence-electron chi connectivity index (χ1n) is 3.13. The van der Waals surface area contributed by atoms with Crippen molar-refractivity contribution in [1.29, 1.82) is 0 Å². The number of ether oxygens (including phenoxy) is 2. The molecule has 1 saturated heterocycles. The van der Waals surface area contributed by atoms with E-state index in [4.69, 9.17) is 9.47 Å². The highest BCUT2D eigenvalue weighted by molar-refractivity contribution is 5.82. The summed E-state index contributed by atoms with van der Waals surface area (Å²) in [4.78, 5) is 10.6. The summed E-state index contributed by atoms with van der Waals surface area (Å²) in [6, 6.07) is 0.